The first kappa shape index (κ1) is 23.2. The predicted octanol–water partition coefficient (Wildman–Crippen LogP) is 4.12. The molecule has 9 heteroatoms. The number of aromatic amines is 1. The van der Waals surface area contributed by atoms with Gasteiger partial charge in [-0.05, 0) is 48.7 Å². The summed E-state index contributed by atoms with van der Waals surface area (Å²) in [6.07, 6.45) is 5.20. The molecule has 0 atom stereocenters. The number of carbonyl (C=O) groups excluding carboxylic acids is 1. The number of nitrogens with one attached hydrogen (secondary N) is 3. The molecule has 1 fully saturated rings. The number of hydrogen-bond donors (Lipinski definition) is 3. The zero-order valence-corrected chi connectivity index (χ0v) is 19.4. The lowest BCUT2D eigenvalue weighted by molar-refractivity contribution is -0.110. The highest BCUT2D eigenvalue weighted by Gasteiger charge is 2.30. The molecule has 7 nitrogen and oxygen atoms in total. The maximum Gasteiger partial charge on any atom is 0.257 e. The van der Waals surface area contributed by atoms with Gasteiger partial charge in [0.1, 0.15) is 5.82 Å². The van der Waals surface area contributed by atoms with Crippen LogP contribution in [-0.4, -0.2) is 60.2 Å². The first-order valence-corrected chi connectivity index (χ1v) is 11.7. The van der Waals surface area contributed by atoms with Gasteiger partial charge in [-0.2, -0.15) is 0 Å². The van der Waals surface area contributed by atoms with Crippen molar-refractivity contribution in [3.8, 4) is 0 Å². The van der Waals surface area contributed by atoms with Gasteiger partial charge in [0.05, 0.1) is 12.2 Å². The summed E-state index contributed by atoms with van der Waals surface area (Å²) in [4.78, 5) is 22.8. The number of aromatic nitrogens is 2. The van der Waals surface area contributed by atoms with Crippen LogP contribution in [0, 0.1) is 11.6 Å². The largest absolute Gasteiger partial charge is 0.383 e. The SMILES string of the molecule is COCCN1CCC(Nc2ccc3c(c2)C(=C(c2ccc(F)c(F)c2)c2ncc[nH]2)C(=O)N3)CC1. The monoisotopic (exact) mass is 479 g/mol. The minimum atomic E-state index is -0.988. The van der Waals surface area contributed by atoms with Crippen molar-refractivity contribution in [1.82, 2.24) is 14.9 Å². The number of halogens is 2. The number of hydrogen-bond acceptors (Lipinski definition) is 5. The Labute approximate surface area is 202 Å². The van der Waals surface area contributed by atoms with Crippen LogP contribution in [0.3, 0.4) is 0 Å². The van der Waals surface area contributed by atoms with Gasteiger partial charge in [0.2, 0.25) is 0 Å². The van der Waals surface area contributed by atoms with Gasteiger partial charge >= 0.3 is 0 Å². The van der Waals surface area contributed by atoms with E-state index in [1.54, 1.807) is 19.5 Å². The summed E-state index contributed by atoms with van der Waals surface area (Å²) < 4.78 is 33.0. The third-order valence-corrected chi connectivity index (χ3v) is 6.53. The van der Waals surface area contributed by atoms with Gasteiger partial charge < -0.3 is 25.3 Å². The Balaban J connectivity index is 1.47. The summed E-state index contributed by atoms with van der Waals surface area (Å²) in [5.41, 5.74) is 3.38. The quantitative estimate of drug-likeness (QED) is 0.444. The van der Waals surface area contributed by atoms with E-state index in [-0.39, 0.29) is 5.91 Å². The average Bonchev–Trinajstić information content (AvgIpc) is 3.50. The van der Waals surface area contributed by atoms with Gasteiger partial charge in [-0.1, -0.05) is 6.07 Å². The number of imidazole rings is 1. The summed E-state index contributed by atoms with van der Waals surface area (Å²) in [7, 11) is 1.72. The number of fused-ring (bicyclic) bond motifs is 1. The normalized spacial score (nSPS) is 17.9. The van der Waals surface area contributed by atoms with Crippen LogP contribution in [0.1, 0.15) is 29.8 Å². The molecule has 0 spiro atoms. The number of nitrogens with zero attached hydrogens (tertiary/aromatic N) is 2. The third-order valence-electron chi connectivity index (χ3n) is 6.53. The molecule has 35 heavy (non-hydrogen) atoms. The van der Waals surface area contributed by atoms with Crippen molar-refractivity contribution in [2.45, 2.75) is 18.9 Å². The van der Waals surface area contributed by atoms with Gasteiger partial charge in [0.25, 0.3) is 5.91 Å². The lowest BCUT2D eigenvalue weighted by Gasteiger charge is -2.32. The number of benzene rings is 2. The number of ether oxygens (including phenoxy) is 1. The fraction of sp³-hybridized carbons (Fsp3) is 0.308. The molecule has 0 bridgehead atoms. The summed E-state index contributed by atoms with van der Waals surface area (Å²) in [6.45, 7) is 3.66. The molecule has 1 aromatic heterocycles. The van der Waals surface area contributed by atoms with Crippen molar-refractivity contribution in [1.29, 1.82) is 0 Å². The minimum absolute atomic E-state index is 0.320. The number of H-pyrrole nitrogens is 1. The smallest absolute Gasteiger partial charge is 0.257 e. The molecule has 3 aromatic rings. The molecule has 3 heterocycles. The number of carbonyl (C=O) groups is 1. The first-order valence-electron chi connectivity index (χ1n) is 11.7. The molecule has 2 aliphatic rings. The molecule has 0 saturated carbocycles. The van der Waals surface area contributed by atoms with Crippen LogP contribution < -0.4 is 10.6 Å². The first-order chi connectivity index (χ1) is 17.0. The van der Waals surface area contributed by atoms with E-state index >= 15 is 0 Å². The molecule has 0 radical (unpaired) electrons. The van der Waals surface area contributed by atoms with Crippen LogP contribution in [-0.2, 0) is 9.53 Å². The highest BCUT2D eigenvalue weighted by Crippen LogP contribution is 2.40. The second-order valence-electron chi connectivity index (χ2n) is 8.78. The molecule has 2 aliphatic heterocycles. The Morgan fingerprint density at radius 2 is 2.00 bits per heavy atom. The van der Waals surface area contributed by atoms with E-state index in [9.17, 15) is 13.6 Å². The Kier molecular flexibility index (Phi) is 6.61. The van der Waals surface area contributed by atoms with Crippen LogP contribution in [0.5, 0.6) is 0 Å². The zero-order chi connectivity index (χ0) is 24.4. The zero-order valence-electron chi connectivity index (χ0n) is 19.4. The van der Waals surface area contributed by atoms with E-state index in [2.05, 4.69) is 25.5 Å². The van der Waals surface area contributed by atoms with Crippen molar-refractivity contribution >= 4 is 28.4 Å². The Hall–Kier alpha value is -3.56. The Morgan fingerprint density at radius 1 is 1.17 bits per heavy atom. The van der Waals surface area contributed by atoms with Crippen LogP contribution in [0.4, 0.5) is 20.2 Å². The molecule has 1 amide bonds. The molecule has 182 valence electrons. The van der Waals surface area contributed by atoms with Gasteiger partial charge in [-0.25, -0.2) is 13.8 Å². The van der Waals surface area contributed by atoms with Crippen molar-refractivity contribution in [3.05, 3.63) is 77.4 Å². The van der Waals surface area contributed by atoms with E-state index < -0.39 is 11.6 Å². The lowest BCUT2D eigenvalue weighted by Crippen LogP contribution is -2.40. The number of anilines is 2. The molecule has 0 aliphatic carbocycles. The average molecular weight is 480 g/mol. The van der Waals surface area contributed by atoms with Gasteiger partial charge in [-0.15, -0.1) is 0 Å². The fourth-order valence-electron chi connectivity index (χ4n) is 4.72. The highest BCUT2D eigenvalue weighted by molar-refractivity contribution is 6.38. The molecule has 1 saturated heterocycles. The highest BCUT2D eigenvalue weighted by atomic mass is 19.2. The molecule has 5 rings (SSSR count). The predicted molar refractivity (Wildman–Crippen MR) is 131 cm³/mol. The van der Waals surface area contributed by atoms with Gasteiger partial charge in [0, 0.05) is 67.7 Å². The Morgan fingerprint density at radius 3 is 2.71 bits per heavy atom. The molecular formula is C26H27F2N5O2. The van der Waals surface area contributed by atoms with Crippen molar-refractivity contribution in [2.75, 3.05) is 44.0 Å². The summed E-state index contributed by atoms with van der Waals surface area (Å²) in [5, 5.41) is 6.49. The maximum absolute atomic E-state index is 14.1. The van der Waals surface area contributed by atoms with E-state index in [0.29, 0.717) is 39.8 Å². The van der Waals surface area contributed by atoms with Crippen LogP contribution in [0.15, 0.2) is 48.8 Å². The summed E-state index contributed by atoms with van der Waals surface area (Å²) in [5.74, 6) is -1.86. The summed E-state index contributed by atoms with van der Waals surface area (Å²) >= 11 is 0. The number of piperidine rings is 1. The van der Waals surface area contributed by atoms with Crippen LogP contribution in [0.2, 0.25) is 0 Å². The maximum atomic E-state index is 14.1. The number of methoxy groups -OCH3 is 1. The lowest BCUT2D eigenvalue weighted by atomic mass is 9.94. The van der Waals surface area contributed by atoms with E-state index in [1.807, 2.05) is 18.2 Å². The molecule has 0 unspecified atom stereocenters. The minimum Gasteiger partial charge on any atom is -0.383 e. The Bertz CT molecular complexity index is 1250. The van der Waals surface area contributed by atoms with Crippen molar-refractivity contribution < 1.29 is 18.3 Å². The van der Waals surface area contributed by atoms with Crippen LogP contribution >= 0.6 is 0 Å². The van der Waals surface area contributed by atoms with Gasteiger partial charge in [0.15, 0.2) is 11.6 Å². The topological polar surface area (TPSA) is 82.3 Å². The second kappa shape index (κ2) is 9.97. The van der Waals surface area contributed by atoms with E-state index in [0.717, 1.165) is 56.9 Å². The van der Waals surface area contributed by atoms with Crippen molar-refractivity contribution in [3.63, 3.8) is 0 Å². The van der Waals surface area contributed by atoms with Crippen LogP contribution in [0.25, 0.3) is 11.1 Å². The second-order valence-corrected chi connectivity index (χ2v) is 8.78. The van der Waals surface area contributed by atoms with Gasteiger partial charge in [-0.3, -0.25) is 4.79 Å². The van der Waals surface area contributed by atoms with E-state index in [4.69, 9.17) is 4.74 Å². The number of amides is 1. The molecule has 2 aromatic carbocycles. The standard InChI is InChI=1S/C26H27F2N5O2/c1-35-13-12-33-10-6-17(7-11-33)31-18-3-5-22-19(15-18)24(26(34)32-22)23(25-29-8-9-30-25)16-2-4-20(27)21(28)14-16/h2-5,8-9,14-15,17,31H,6-7,10-13H2,1H3,(H,29,30)(H,32,34). The third kappa shape index (κ3) is 4.82. The summed E-state index contributed by atoms with van der Waals surface area (Å²) in [6, 6.07) is 9.66. The fourth-order valence-corrected chi connectivity index (χ4v) is 4.72. The molecule has 3 N–H and O–H groups in total. The van der Waals surface area contributed by atoms with E-state index in [1.165, 1.54) is 6.07 Å². The number of rotatable bonds is 7. The number of likely N-dealkylation sites (tertiary alicyclic amines) is 1. The van der Waals surface area contributed by atoms with Crippen molar-refractivity contribution in [2.24, 2.45) is 0 Å². The molecular weight excluding hydrogens is 452 g/mol.